The van der Waals surface area contributed by atoms with Crippen molar-refractivity contribution in [2.75, 3.05) is 0 Å². The van der Waals surface area contributed by atoms with E-state index in [1.165, 1.54) is 66.3 Å². The van der Waals surface area contributed by atoms with Crippen molar-refractivity contribution in [3.63, 3.8) is 0 Å². The van der Waals surface area contributed by atoms with Crippen LogP contribution in [0, 0.1) is 6.92 Å². The minimum Gasteiger partial charge on any atom is -0.344 e. The minimum absolute atomic E-state index is 0.0203. The fraction of sp³-hybridized carbons (Fsp3) is 0.273. The van der Waals surface area contributed by atoms with Crippen LogP contribution in [0.3, 0.4) is 0 Å². The van der Waals surface area contributed by atoms with Gasteiger partial charge in [0.05, 0.1) is 0 Å². The highest BCUT2D eigenvalue weighted by molar-refractivity contribution is 6.17. The second-order valence-corrected chi connectivity index (χ2v) is 10.7. The molecule has 0 spiro atoms. The van der Waals surface area contributed by atoms with E-state index in [0.717, 1.165) is 6.42 Å². The summed E-state index contributed by atoms with van der Waals surface area (Å²) >= 11 is 0. The van der Waals surface area contributed by atoms with Crippen molar-refractivity contribution in [1.82, 2.24) is 4.57 Å². The first kappa shape index (κ1) is 21.2. The van der Waals surface area contributed by atoms with E-state index in [4.69, 9.17) is 0 Å². The number of rotatable bonds is 3. The summed E-state index contributed by atoms with van der Waals surface area (Å²) in [6, 6.07) is 27.5. The van der Waals surface area contributed by atoms with Crippen LogP contribution in [0.2, 0.25) is 0 Å². The Balaban J connectivity index is 1.69. The molecule has 1 heterocycles. The summed E-state index contributed by atoms with van der Waals surface area (Å²) in [7, 11) is 2.22. The van der Waals surface area contributed by atoms with Crippen LogP contribution in [-0.4, -0.2) is 4.57 Å². The molecule has 0 radical (unpaired) electrons. The molecule has 34 heavy (non-hydrogen) atoms. The van der Waals surface area contributed by atoms with Crippen LogP contribution >= 0.6 is 0 Å². The number of nitrogens with zero attached hydrogens (tertiary/aromatic N) is 1. The molecule has 0 saturated heterocycles. The lowest BCUT2D eigenvalue weighted by Crippen LogP contribution is -2.14. The summed E-state index contributed by atoms with van der Waals surface area (Å²) < 4.78 is 2.40. The molecular formula is C33H33N. The summed E-state index contributed by atoms with van der Waals surface area (Å²) in [4.78, 5) is 0. The van der Waals surface area contributed by atoms with Crippen molar-refractivity contribution < 1.29 is 0 Å². The Hall–Kier alpha value is -3.32. The van der Waals surface area contributed by atoms with E-state index in [9.17, 15) is 0 Å². The molecule has 0 fully saturated rings. The number of aromatic nitrogens is 1. The van der Waals surface area contributed by atoms with Crippen molar-refractivity contribution >= 4 is 21.8 Å². The fourth-order valence-corrected chi connectivity index (χ4v) is 6.32. The lowest BCUT2D eigenvalue weighted by atomic mass is 9.82. The molecule has 0 amide bonds. The molecule has 5 aromatic rings. The third-order valence-electron chi connectivity index (χ3n) is 8.46. The molecule has 1 aromatic heterocycles. The minimum atomic E-state index is 0.0203. The van der Waals surface area contributed by atoms with Gasteiger partial charge in [0.15, 0.2) is 0 Å². The Bertz CT molecular complexity index is 1590. The molecule has 1 atom stereocenters. The van der Waals surface area contributed by atoms with E-state index in [-0.39, 0.29) is 5.41 Å². The van der Waals surface area contributed by atoms with Gasteiger partial charge >= 0.3 is 0 Å². The van der Waals surface area contributed by atoms with E-state index < -0.39 is 0 Å². The van der Waals surface area contributed by atoms with Crippen LogP contribution in [0.1, 0.15) is 62.3 Å². The van der Waals surface area contributed by atoms with Gasteiger partial charge in [-0.05, 0) is 82.0 Å². The van der Waals surface area contributed by atoms with E-state index in [1.54, 1.807) is 0 Å². The van der Waals surface area contributed by atoms with Gasteiger partial charge in [-0.25, -0.2) is 0 Å². The first-order valence-electron chi connectivity index (χ1n) is 12.6. The van der Waals surface area contributed by atoms with Crippen molar-refractivity contribution in [2.45, 2.75) is 52.4 Å². The van der Waals surface area contributed by atoms with Crippen molar-refractivity contribution in [1.29, 1.82) is 0 Å². The molecule has 1 nitrogen and oxygen atoms in total. The van der Waals surface area contributed by atoms with Crippen LogP contribution in [0.15, 0.2) is 72.8 Å². The van der Waals surface area contributed by atoms with Gasteiger partial charge in [0.25, 0.3) is 0 Å². The van der Waals surface area contributed by atoms with Crippen LogP contribution in [0.5, 0.6) is 0 Å². The van der Waals surface area contributed by atoms with Crippen molar-refractivity contribution in [3.8, 4) is 22.3 Å². The molecule has 170 valence electrons. The first-order chi connectivity index (χ1) is 16.3. The van der Waals surface area contributed by atoms with Gasteiger partial charge in [-0.3, -0.25) is 0 Å². The zero-order valence-corrected chi connectivity index (χ0v) is 21.2. The van der Waals surface area contributed by atoms with E-state index in [2.05, 4.69) is 119 Å². The number of aryl methyl sites for hydroxylation is 2. The molecule has 1 heteroatoms. The number of hydrogen-bond acceptors (Lipinski definition) is 0. The maximum Gasteiger partial charge on any atom is 0.0495 e. The Labute approximate surface area is 203 Å². The standard InChI is InChI=1S/C33H33N/c1-7-20(2)22-12-8-9-13-23(22)25-19-30-26(18-21(25)3)32-29(34(30)6)17-16-28-31(32)24-14-10-11-15-27(24)33(28,4)5/h8-20H,7H2,1-6H3. The van der Waals surface area contributed by atoms with Gasteiger partial charge in [-0.1, -0.05) is 82.3 Å². The van der Waals surface area contributed by atoms with Crippen LogP contribution in [0.25, 0.3) is 44.1 Å². The van der Waals surface area contributed by atoms with Crippen molar-refractivity contribution in [3.05, 3.63) is 95.1 Å². The van der Waals surface area contributed by atoms with Gasteiger partial charge < -0.3 is 4.57 Å². The summed E-state index contributed by atoms with van der Waals surface area (Å²) in [6.07, 6.45) is 1.15. The summed E-state index contributed by atoms with van der Waals surface area (Å²) in [5.41, 5.74) is 13.9. The molecule has 4 aromatic carbocycles. The molecule has 0 N–H and O–H groups in total. The van der Waals surface area contributed by atoms with Crippen LogP contribution in [0.4, 0.5) is 0 Å². The quantitative estimate of drug-likeness (QED) is 0.262. The fourth-order valence-electron chi connectivity index (χ4n) is 6.32. The van der Waals surface area contributed by atoms with Crippen LogP contribution in [-0.2, 0) is 12.5 Å². The third-order valence-corrected chi connectivity index (χ3v) is 8.46. The highest BCUT2D eigenvalue weighted by Gasteiger charge is 2.37. The normalized spacial score (nSPS) is 15.0. The van der Waals surface area contributed by atoms with Gasteiger partial charge in [0, 0.05) is 34.3 Å². The highest BCUT2D eigenvalue weighted by Crippen LogP contribution is 2.53. The third kappa shape index (κ3) is 2.73. The molecule has 1 aliphatic rings. The molecule has 1 aliphatic carbocycles. The Morgan fingerprint density at radius 3 is 2.26 bits per heavy atom. The van der Waals surface area contributed by atoms with Gasteiger partial charge in [-0.15, -0.1) is 0 Å². The number of benzene rings is 4. The first-order valence-corrected chi connectivity index (χ1v) is 12.6. The predicted molar refractivity (Wildman–Crippen MR) is 147 cm³/mol. The van der Waals surface area contributed by atoms with Crippen LogP contribution < -0.4 is 0 Å². The summed E-state index contributed by atoms with van der Waals surface area (Å²) in [5, 5.41) is 2.77. The molecule has 0 saturated carbocycles. The SMILES string of the molecule is CCC(C)c1ccccc1-c1cc2c(cc1C)c1c3c(ccc1n2C)C(C)(C)c1ccccc1-3. The predicted octanol–water partition coefficient (Wildman–Crippen LogP) is 9.13. The molecule has 0 bridgehead atoms. The van der Waals surface area contributed by atoms with Gasteiger partial charge in [-0.2, -0.15) is 0 Å². The average molecular weight is 444 g/mol. The zero-order valence-electron chi connectivity index (χ0n) is 21.2. The lowest BCUT2D eigenvalue weighted by Gasteiger charge is -2.21. The van der Waals surface area contributed by atoms with Crippen molar-refractivity contribution in [2.24, 2.45) is 7.05 Å². The Kier molecular flexibility index (Phi) is 4.58. The number of hydrogen-bond donors (Lipinski definition) is 0. The zero-order chi connectivity index (χ0) is 23.8. The maximum atomic E-state index is 2.44. The van der Waals surface area contributed by atoms with E-state index >= 15 is 0 Å². The summed E-state index contributed by atoms with van der Waals surface area (Å²) in [6.45, 7) is 11.6. The van der Waals surface area contributed by atoms with E-state index in [0.29, 0.717) is 5.92 Å². The Morgan fingerprint density at radius 2 is 1.50 bits per heavy atom. The van der Waals surface area contributed by atoms with E-state index in [1.807, 2.05) is 0 Å². The molecule has 6 rings (SSSR count). The van der Waals surface area contributed by atoms with Gasteiger partial charge in [0.2, 0.25) is 0 Å². The summed E-state index contributed by atoms with van der Waals surface area (Å²) in [5.74, 6) is 0.542. The maximum absolute atomic E-state index is 2.44. The number of fused-ring (bicyclic) bond motifs is 7. The largest absolute Gasteiger partial charge is 0.344 e. The lowest BCUT2D eigenvalue weighted by molar-refractivity contribution is 0.661. The smallest absolute Gasteiger partial charge is 0.0495 e. The van der Waals surface area contributed by atoms with Gasteiger partial charge in [0.1, 0.15) is 0 Å². The molecule has 1 unspecified atom stereocenters. The Morgan fingerprint density at radius 1 is 0.794 bits per heavy atom. The second-order valence-electron chi connectivity index (χ2n) is 10.7. The highest BCUT2D eigenvalue weighted by atomic mass is 14.9. The topological polar surface area (TPSA) is 4.93 Å². The average Bonchev–Trinajstić information content (AvgIpc) is 3.26. The molecular weight excluding hydrogens is 410 g/mol. The monoisotopic (exact) mass is 443 g/mol. The molecule has 0 aliphatic heterocycles. The second kappa shape index (κ2) is 7.34.